The van der Waals surface area contributed by atoms with Crippen molar-refractivity contribution in [3.05, 3.63) is 99.1 Å². The van der Waals surface area contributed by atoms with Gasteiger partial charge in [0.2, 0.25) is 5.36 Å². The van der Waals surface area contributed by atoms with Crippen molar-refractivity contribution < 1.29 is 59.8 Å². The van der Waals surface area contributed by atoms with Crippen LogP contribution in [0.5, 0.6) is 11.5 Å². The van der Waals surface area contributed by atoms with Crippen LogP contribution in [0.15, 0.2) is 60.7 Å². The molecule has 1 fully saturated rings. The van der Waals surface area contributed by atoms with Gasteiger partial charge in [-0.05, 0) is 54.8 Å². The van der Waals surface area contributed by atoms with Crippen LogP contribution in [-0.4, -0.2) is 96.5 Å². The molecule has 0 unspecified atom stereocenters. The lowest BCUT2D eigenvalue weighted by molar-refractivity contribution is -0.195. The van der Waals surface area contributed by atoms with Crippen LogP contribution in [0.2, 0.25) is 0 Å². The van der Waals surface area contributed by atoms with Crippen LogP contribution in [0.3, 0.4) is 0 Å². The van der Waals surface area contributed by atoms with Gasteiger partial charge in [-0.1, -0.05) is 24.3 Å². The van der Waals surface area contributed by atoms with Gasteiger partial charge in [0.05, 0.1) is 38.6 Å². The lowest BCUT2D eigenvalue weighted by Crippen LogP contribution is -2.47. The predicted molar refractivity (Wildman–Crippen MR) is 211 cm³/mol. The Morgan fingerprint density at radius 1 is 0.879 bits per heavy atom. The number of hydrogen-bond acceptors (Lipinski definition) is 12. The second kappa shape index (κ2) is 14.6. The fourth-order valence-corrected chi connectivity index (χ4v) is 8.70. The molecule has 16 nitrogen and oxygen atoms in total. The molecule has 0 radical (unpaired) electrons. The van der Waals surface area contributed by atoms with E-state index in [2.05, 4.69) is 4.84 Å². The first-order valence-electron chi connectivity index (χ1n) is 17.9. The fraction of sp³-hybridized carbons (Fsp3) is 0.325. The smallest absolute Gasteiger partial charge is 0.336 e. The first-order chi connectivity index (χ1) is 26.8. The normalized spacial score (nSPS) is 17.7. The summed E-state index contributed by atoms with van der Waals surface area (Å²) in [6.07, 6.45) is 3.77. The summed E-state index contributed by atoms with van der Waals surface area (Å²) in [5.41, 5.74) is 2.27. The number of carboxylic acids is 1. The van der Waals surface area contributed by atoms with E-state index in [0.717, 1.165) is 6.92 Å². The van der Waals surface area contributed by atoms with Crippen LogP contribution >= 0.6 is 0 Å². The van der Waals surface area contributed by atoms with E-state index in [1.807, 2.05) is 51.3 Å². The molecule has 18 heteroatoms. The molecule has 0 saturated carbocycles. The van der Waals surface area contributed by atoms with Crippen molar-refractivity contribution >= 4 is 66.4 Å². The molecule has 58 heavy (non-hydrogen) atoms. The Morgan fingerprint density at radius 2 is 1.50 bits per heavy atom. The van der Waals surface area contributed by atoms with Gasteiger partial charge in [0.1, 0.15) is 24.3 Å². The maximum atomic E-state index is 12.5. The lowest BCUT2D eigenvalue weighted by atomic mass is 9.83. The Labute approximate surface area is 334 Å². The van der Waals surface area contributed by atoms with Gasteiger partial charge in [-0.15, -0.1) is 5.06 Å². The number of carbonyl (C=O) groups excluding carboxylic acids is 3. The summed E-state index contributed by atoms with van der Waals surface area (Å²) in [6, 6.07) is 13.4. The summed E-state index contributed by atoms with van der Waals surface area (Å²) in [5, 5.41) is 11.9. The van der Waals surface area contributed by atoms with Crippen molar-refractivity contribution in [1.82, 2.24) is 9.64 Å². The van der Waals surface area contributed by atoms with E-state index in [0.29, 0.717) is 71.8 Å². The van der Waals surface area contributed by atoms with Gasteiger partial charge in [-0.3, -0.25) is 14.1 Å². The number of rotatable bonds is 7. The largest absolute Gasteiger partial charge is 0.748 e. The number of hydrogen-bond donors (Lipinski definition) is 2. The number of imide groups is 1. The van der Waals surface area contributed by atoms with Crippen molar-refractivity contribution in [2.75, 3.05) is 30.5 Å². The SMILES string of the molecule is CC(=O)ON1C(=O)CCC1=O.CN1c2cc3c(cc2C(CS(=O)(=O)[O-])=CC1(C)C)C(c1ccccc1C(=O)O)=c1cc2c(cc1O3)=[N+](C)C(C)(C)C=C2CS(=O)(=O)O. The van der Waals surface area contributed by atoms with Gasteiger partial charge in [-0.2, -0.15) is 8.42 Å². The first-order valence-corrected chi connectivity index (χ1v) is 21.1. The van der Waals surface area contributed by atoms with Crippen molar-refractivity contribution in [2.45, 2.75) is 58.5 Å². The highest BCUT2D eigenvalue weighted by molar-refractivity contribution is 7.86. The molecule has 2 N–H and O–H groups in total. The van der Waals surface area contributed by atoms with E-state index in [1.165, 1.54) is 6.07 Å². The van der Waals surface area contributed by atoms with Crippen LogP contribution in [0.25, 0.3) is 16.7 Å². The zero-order valence-electron chi connectivity index (χ0n) is 32.6. The van der Waals surface area contributed by atoms with Crippen LogP contribution in [-0.2, 0) is 39.5 Å². The molecule has 0 atom stereocenters. The zero-order chi connectivity index (χ0) is 42.9. The molecule has 0 aliphatic carbocycles. The van der Waals surface area contributed by atoms with Gasteiger partial charge in [0, 0.05) is 74.3 Å². The number of benzene rings is 3. The molecule has 0 bridgehead atoms. The highest BCUT2D eigenvalue weighted by atomic mass is 32.2. The number of carbonyl (C=O) groups is 4. The molecule has 3 aromatic carbocycles. The summed E-state index contributed by atoms with van der Waals surface area (Å²) in [4.78, 5) is 50.6. The van der Waals surface area contributed by atoms with Crippen LogP contribution < -0.4 is 24.8 Å². The Morgan fingerprint density at radius 3 is 2.09 bits per heavy atom. The quantitative estimate of drug-likeness (QED) is 0.155. The van der Waals surface area contributed by atoms with E-state index in [-0.39, 0.29) is 18.4 Å². The van der Waals surface area contributed by atoms with Crippen molar-refractivity contribution in [2.24, 2.45) is 0 Å². The van der Waals surface area contributed by atoms with Gasteiger partial charge in [0.25, 0.3) is 21.9 Å². The van der Waals surface area contributed by atoms with E-state index >= 15 is 0 Å². The Kier molecular flexibility index (Phi) is 10.6. The minimum absolute atomic E-state index is 0.000141. The summed E-state index contributed by atoms with van der Waals surface area (Å²) in [6.45, 7) is 8.75. The maximum absolute atomic E-state index is 12.5. The number of amides is 2. The molecule has 306 valence electrons. The van der Waals surface area contributed by atoms with E-state index < -0.39 is 66.6 Å². The third-order valence-corrected chi connectivity index (χ3v) is 11.8. The summed E-state index contributed by atoms with van der Waals surface area (Å²) in [7, 11) is -5.38. The minimum atomic E-state index is -4.67. The number of aromatic carboxylic acids is 1. The number of fused-ring (bicyclic) bond motifs is 4. The lowest BCUT2D eigenvalue weighted by Gasteiger charge is -2.42. The van der Waals surface area contributed by atoms with Gasteiger partial charge < -0.3 is 24.1 Å². The number of nitrogens with zero attached hydrogens (tertiary/aromatic N) is 3. The summed E-state index contributed by atoms with van der Waals surface area (Å²) < 4.78 is 78.7. The van der Waals surface area contributed by atoms with Crippen LogP contribution in [0.1, 0.15) is 80.1 Å². The highest BCUT2D eigenvalue weighted by Gasteiger charge is 2.37. The molecular formula is C40H41N3O13S2. The van der Waals surface area contributed by atoms with E-state index in [9.17, 15) is 50.2 Å². The van der Waals surface area contributed by atoms with Crippen molar-refractivity contribution in [3.8, 4) is 11.5 Å². The molecular weight excluding hydrogens is 795 g/mol. The summed E-state index contributed by atoms with van der Waals surface area (Å²) >= 11 is 0. The van der Waals surface area contributed by atoms with E-state index in [4.69, 9.17) is 4.74 Å². The monoisotopic (exact) mass is 835 g/mol. The molecule has 0 spiro atoms. The standard InChI is InChI=1S/C34H34N2O9S2.C6H7NO4/c1-33(2)15-19(17-46(39,40)41)23-11-25-29(13-27(23)35(33)5)45-30-14-28-24(20(18-47(42,43)44)16-34(3,4)36(28)6)12-26(30)31(25)21-9-7-8-10-22(21)32(37)38;1-4(8)11-7-5(9)2-3-6(7)10/h7-16H,17-18H2,1-6H3,(H2-,37,38,39,40,41,42,43,44);2-3H2,1H3. The summed E-state index contributed by atoms with van der Waals surface area (Å²) in [5.74, 6) is -3.35. The minimum Gasteiger partial charge on any atom is -0.748 e. The molecule has 2 amide bonds. The van der Waals surface area contributed by atoms with Gasteiger partial charge in [-0.25, -0.2) is 22.6 Å². The highest BCUT2D eigenvalue weighted by Crippen LogP contribution is 2.46. The Bertz CT molecular complexity index is 2750. The van der Waals surface area contributed by atoms with Crippen molar-refractivity contribution in [1.29, 1.82) is 0 Å². The molecule has 4 aliphatic heterocycles. The average Bonchev–Trinajstić information content (AvgIpc) is 3.41. The van der Waals surface area contributed by atoms with Crippen LogP contribution in [0.4, 0.5) is 5.69 Å². The third-order valence-electron chi connectivity index (χ3n) is 10.5. The molecule has 4 heterocycles. The Hall–Kier alpha value is -5.69. The van der Waals surface area contributed by atoms with E-state index in [1.54, 1.807) is 54.6 Å². The molecule has 0 aromatic heterocycles. The molecule has 4 aliphatic rings. The van der Waals surface area contributed by atoms with Crippen LogP contribution in [0, 0.1) is 0 Å². The second-order valence-corrected chi connectivity index (χ2v) is 18.3. The van der Waals surface area contributed by atoms with Gasteiger partial charge >= 0.3 is 11.9 Å². The zero-order valence-corrected chi connectivity index (χ0v) is 34.3. The third kappa shape index (κ3) is 8.18. The predicted octanol–water partition coefficient (Wildman–Crippen LogP) is 2.69. The first kappa shape index (κ1) is 41.9. The maximum Gasteiger partial charge on any atom is 0.336 e. The number of ether oxygens (including phenoxy) is 1. The Balaban J connectivity index is 0.000000447. The van der Waals surface area contributed by atoms with Crippen molar-refractivity contribution in [3.63, 3.8) is 0 Å². The number of hydroxylamine groups is 2. The number of anilines is 1. The molecule has 7 rings (SSSR count). The number of likely N-dealkylation sites (N-methyl/N-ethyl adjacent to an activating group) is 2. The second-order valence-electron chi connectivity index (χ2n) is 15.4. The fourth-order valence-electron chi connectivity index (χ4n) is 7.44. The topological polar surface area (TPSA) is 228 Å². The van der Waals surface area contributed by atoms with Gasteiger partial charge in [0.15, 0.2) is 5.54 Å². The average molecular weight is 836 g/mol. The number of carboxylic acid groups (broad SMARTS) is 1. The molecule has 3 aromatic rings. The molecule has 1 saturated heterocycles.